The molecule has 150 valence electrons. The summed E-state index contributed by atoms with van der Waals surface area (Å²) >= 11 is 0. The molecule has 0 unspecified atom stereocenters. The van der Waals surface area contributed by atoms with Crippen LogP contribution in [0, 0.1) is 25.5 Å². The number of anilines is 1. The molecule has 3 N–H and O–H groups in total. The van der Waals surface area contributed by atoms with Crippen LogP contribution >= 0.6 is 0 Å². The number of halogens is 2. The number of aromatic nitrogens is 2. The van der Waals surface area contributed by atoms with Gasteiger partial charge in [-0.1, -0.05) is 0 Å². The Kier molecular flexibility index (Phi) is 5.72. The second-order valence-electron chi connectivity index (χ2n) is 6.69. The van der Waals surface area contributed by atoms with E-state index in [-0.39, 0.29) is 29.7 Å². The number of carbonyl (C=O) groups is 2. The number of amides is 1. The number of carbonyl (C=O) groups excluding carboxylic acids is 1. The number of fused-ring (bicyclic) bond motifs is 1. The Hall–Kier alpha value is -3.55. The van der Waals surface area contributed by atoms with Crippen molar-refractivity contribution in [2.45, 2.75) is 26.7 Å². The maximum Gasteiger partial charge on any atom is 0.303 e. The summed E-state index contributed by atoms with van der Waals surface area (Å²) in [5, 5.41) is 18.8. The molecule has 6 nitrogen and oxygen atoms in total. The molecule has 3 rings (SSSR count). The van der Waals surface area contributed by atoms with Gasteiger partial charge >= 0.3 is 5.97 Å². The Morgan fingerprint density at radius 1 is 1.17 bits per heavy atom. The summed E-state index contributed by atoms with van der Waals surface area (Å²) in [5.41, 5.74) is 2.45. The summed E-state index contributed by atoms with van der Waals surface area (Å²) in [5.74, 6) is -2.60. The Morgan fingerprint density at radius 2 is 1.93 bits per heavy atom. The number of aryl methyl sites for hydroxylation is 2. The summed E-state index contributed by atoms with van der Waals surface area (Å²) in [7, 11) is 0. The molecule has 0 radical (unpaired) electrons. The van der Waals surface area contributed by atoms with Crippen LogP contribution in [0.1, 0.15) is 28.8 Å². The molecule has 2 aromatic carbocycles. The van der Waals surface area contributed by atoms with Gasteiger partial charge < -0.3 is 10.4 Å². The smallest absolute Gasteiger partial charge is 0.303 e. The van der Waals surface area contributed by atoms with E-state index >= 15 is 0 Å². The molecular weight excluding hydrogens is 380 g/mol. The van der Waals surface area contributed by atoms with E-state index in [0.717, 1.165) is 6.08 Å². The first kappa shape index (κ1) is 20.2. The van der Waals surface area contributed by atoms with Crippen LogP contribution in [0.2, 0.25) is 0 Å². The van der Waals surface area contributed by atoms with Crippen molar-refractivity contribution in [3.63, 3.8) is 0 Å². The first-order valence-corrected chi connectivity index (χ1v) is 8.88. The van der Waals surface area contributed by atoms with Gasteiger partial charge in [0.05, 0.1) is 11.2 Å². The predicted octanol–water partition coefficient (Wildman–Crippen LogP) is 4.13. The van der Waals surface area contributed by atoms with Crippen LogP contribution in [0.15, 0.2) is 30.3 Å². The molecule has 0 aliphatic heterocycles. The Morgan fingerprint density at radius 3 is 2.66 bits per heavy atom. The van der Waals surface area contributed by atoms with Crippen LogP contribution in [0.5, 0.6) is 0 Å². The van der Waals surface area contributed by atoms with E-state index in [2.05, 4.69) is 15.5 Å². The molecule has 1 aromatic heterocycles. The van der Waals surface area contributed by atoms with Crippen LogP contribution < -0.4 is 5.32 Å². The highest BCUT2D eigenvalue weighted by Gasteiger charge is 2.11. The molecule has 3 aromatic rings. The first-order chi connectivity index (χ1) is 13.7. The molecule has 29 heavy (non-hydrogen) atoms. The summed E-state index contributed by atoms with van der Waals surface area (Å²) in [6.45, 7) is 3.26. The average molecular weight is 399 g/mol. The summed E-state index contributed by atoms with van der Waals surface area (Å²) in [4.78, 5) is 23.0. The van der Waals surface area contributed by atoms with Crippen molar-refractivity contribution in [3.8, 4) is 0 Å². The van der Waals surface area contributed by atoms with E-state index < -0.39 is 23.5 Å². The van der Waals surface area contributed by atoms with Crippen molar-refractivity contribution in [1.29, 1.82) is 0 Å². The molecule has 1 amide bonds. The molecule has 0 fully saturated rings. The number of hydrogen-bond acceptors (Lipinski definition) is 3. The summed E-state index contributed by atoms with van der Waals surface area (Å²) < 4.78 is 28.3. The lowest BCUT2D eigenvalue weighted by Gasteiger charge is -2.10. The number of carboxylic acid groups (broad SMARTS) is 1. The van der Waals surface area contributed by atoms with Gasteiger partial charge in [-0.3, -0.25) is 14.7 Å². The minimum atomic E-state index is -0.994. The van der Waals surface area contributed by atoms with Crippen LogP contribution in [-0.2, 0) is 16.0 Å². The second kappa shape index (κ2) is 8.22. The SMILES string of the molecule is Cc1c(F)cc(CCC(=O)O)cc1NC(=O)/C=C/c1cc2[nH]nc(C)c2cc1F. The van der Waals surface area contributed by atoms with Crippen molar-refractivity contribution in [1.82, 2.24) is 10.2 Å². The standard InChI is InChI=1S/C21H19F2N3O3/c1-11-16(22)7-13(3-6-21(28)29)8-18(11)24-20(27)5-4-14-9-19-15(10-17(14)23)12(2)25-26-19/h4-5,7-10H,3,6H2,1-2H3,(H,24,27)(H,25,26)(H,28,29)/b5-4+. The lowest BCUT2D eigenvalue weighted by Crippen LogP contribution is -2.10. The van der Waals surface area contributed by atoms with Gasteiger partial charge in [0, 0.05) is 34.7 Å². The number of nitrogens with zero attached hydrogens (tertiary/aromatic N) is 1. The van der Waals surface area contributed by atoms with Crippen molar-refractivity contribution >= 4 is 34.5 Å². The van der Waals surface area contributed by atoms with Crippen LogP contribution in [-0.4, -0.2) is 27.2 Å². The number of aromatic amines is 1. The predicted molar refractivity (Wildman–Crippen MR) is 106 cm³/mol. The van der Waals surface area contributed by atoms with Gasteiger partial charge in [-0.15, -0.1) is 0 Å². The molecule has 0 aliphatic carbocycles. The van der Waals surface area contributed by atoms with E-state index in [1.807, 2.05) is 0 Å². The number of benzene rings is 2. The van der Waals surface area contributed by atoms with E-state index in [9.17, 15) is 18.4 Å². The van der Waals surface area contributed by atoms with E-state index in [0.29, 0.717) is 22.2 Å². The second-order valence-corrected chi connectivity index (χ2v) is 6.69. The average Bonchev–Trinajstić information content (AvgIpc) is 3.01. The fourth-order valence-corrected chi connectivity index (χ4v) is 2.91. The molecule has 0 atom stereocenters. The van der Waals surface area contributed by atoms with E-state index in [1.54, 1.807) is 13.0 Å². The van der Waals surface area contributed by atoms with E-state index in [4.69, 9.17) is 5.11 Å². The van der Waals surface area contributed by atoms with Gasteiger partial charge in [0.1, 0.15) is 11.6 Å². The largest absolute Gasteiger partial charge is 0.481 e. The first-order valence-electron chi connectivity index (χ1n) is 8.88. The third kappa shape index (κ3) is 4.66. The highest BCUT2D eigenvalue weighted by Crippen LogP contribution is 2.23. The summed E-state index contributed by atoms with van der Waals surface area (Å²) in [6, 6.07) is 5.68. The zero-order chi connectivity index (χ0) is 21.1. The fourth-order valence-electron chi connectivity index (χ4n) is 2.91. The van der Waals surface area contributed by atoms with Gasteiger partial charge in [-0.2, -0.15) is 5.10 Å². The van der Waals surface area contributed by atoms with Gasteiger partial charge in [0.15, 0.2) is 0 Å². The molecule has 0 saturated heterocycles. The Balaban J connectivity index is 1.78. The molecule has 0 bridgehead atoms. The van der Waals surface area contributed by atoms with Gasteiger partial charge in [0.25, 0.3) is 0 Å². The number of rotatable bonds is 6. The maximum atomic E-state index is 14.3. The van der Waals surface area contributed by atoms with E-state index in [1.165, 1.54) is 31.2 Å². The monoisotopic (exact) mass is 399 g/mol. The van der Waals surface area contributed by atoms with Gasteiger partial charge in [-0.25, -0.2) is 8.78 Å². The van der Waals surface area contributed by atoms with Crippen LogP contribution in [0.25, 0.3) is 17.0 Å². The Labute approximate surface area is 165 Å². The minimum absolute atomic E-state index is 0.139. The zero-order valence-electron chi connectivity index (χ0n) is 15.8. The van der Waals surface area contributed by atoms with Crippen molar-refractivity contribution in [2.75, 3.05) is 5.32 Å². The van der Waals surface area contributed by atoms with Crippen molar-refractivity contribution in [2.24, 2.45) is 0 Å². The molecule has 0 aliphatic rings. The lowest BCUT2D eigenvalue weighted by atomic mass is 10.0. The third-order valence-electron chi connectivity index (χ3n) is 4.57. The number of nitrogens with one attached hydrogen (secondary N) is 2. The molecule has 8 heteroatoms. The molecule has 0 saturated carbocycles. The minimum Gasteiger partial charge on any atom is -0.481 e. The van der Waals surface area contributed by atoms with Crippen molar-refractivity contribution in [3.05, 3.63) is 64.4 Å². The highest BCUT2D eigenvalue weighted by molar-refractivity contribution is 6.02. The summed E-state index contributed by atoms with van der Waals surface area (Å²) in [6.07, 6.45) is 2.46. The third-order valence-corrected chi connectivity index (χ3v) is 4.57. The normalized spacial score (nSPS) is 11.3. The zero-order valence-corrected chi connectivity index (χ0v) is 15.8. The number of hydrogen-bond donors (Lipinski definition) is 3. The van der Waals surface area contributed by atoms with Gasteiger partial charge in [0.2, 0.25) is 5.91 Å². The quantitative estimate of drug-likeness (QED) is 0.543. The number of H-pyrrole nitrogens is 1. The Bertz CT molecular complexity index is 1140. The molecule has 0 spiro atoms. The number of carboxylic acids is 1. The molecular formula is C21H19F2N3O3. The topological polar surface area (TPSA) is 95.1 Å². The maximum absolute atomic E-state index is 14.3. The van der Waals surface area contributed by atoms with Gasteiger partial charge in [-0.05, 0) is 56.2 Å². The fraction of sp³-hybridized carbons (Fsp3) is 0.190. The highest BCUT2D eigenvalue weighted by atomic mass is 19.1. The molecule has 1 heterocycles. The van der Waals surface area contributed by atoms with Crippen molar-refractivity contribution < 1.29 is 23.5 Å². The van der Waals surface area contributed by atoms with Crippen LogP contribution in [0.4, 0.5) is 14.5 Å². The van der Waals surface area contributed by atoms with Crippen LogP contribution in [0.3, 0.4) is 0 Å². The number of aliphatic carboxylic acids is 1. The lowest BCUT2D eigenvalue weighted by molar-refractivity contribution is -0.137.